The summed E-state index contributed by atoms with van der Waals surface area (Å²) in [6.07, 6.45) is 0. The van der Waals surface area contributed by atoms with E-state index >= 15 is 0 Å². The Morgan fingerprint density at radius 1 is 1.47 bits per heavy atom. The number of nitrogens with one attached hydrogen (secondary N) is 2. The van der Waals surface area contributed by atoms with E-state index in [4.69, 9.17) is 11.5 Å². The Bertz CT molecular complexity index is 556. The van der Waals surface area contributed by atoms with Gasteiger partial charge in [-0.2, -0.15) is 0 Å². The van der Waals surface area contributed by atoms with Crippen LogP contribution in [-0.4, -0.2) is 5.91 Å². The Morgan fingerprint density at radius 2 is 2.12 bits per heavy atom. The maximum absolute atomic E-state index is 13.8. The Kier molecular flexibility index (Phi) is 2.70. The summed E-state index contributed by atoms with van der Waals surface area (Å²) in [5.74, 6) is -1.26. The van der Waals surface area contributed by atoms with Gasteiger partial charge in [0, 0.05) is 4.47 Å². The van der Waals surface area contributed by atoms with Crippen LogP contribution >= 0.6 is 15.9 Å². The number of halogens is 2. The maximum atomic E-state index is 13.8. The number of anilines is 1. The molecule has 0 spiro atoms. The van der Waals surface area contributed by atoms with Crippen molar-refractivity contribution in [2.45, 2.75) is 6.92 Å². The topological polar surface area (TPSA) is 93.2 Å². The van der Waals surface area contributed by atoms with Crippen LogP contribution in [0.5, 0.6) is 0 Å². The molecular formula is C10H10BrFN4O. The molecule has 0 bridgehead atoms. The summed E-state index contributed by atoms with van der Waals surface area (Å²) < 4.78 is 14.5. The van der Waals surface area contributed by atoms with E-state index in [1.54, 1.807) is 6.92 Å². The molecule has 1 aliphatic heterocycles. The molecule has 1 aliphatic rings. The minimum absolute atomic E-state index is 0.00977. The van der Waals surface area contributed by atoms with Crippen LogP contribution in [0.4, 0.5) is 10.1 Å². The van der Waals surface area contributed by atoms with Gasteiger partial charge in [-0.05, 0) is 34.5 Å². The van der Waals surface area contributed by atoms with Gasteiger partial charge in [0.25, 0.3) is 5.91 Å². The van der Waals surface area contributed by atoms with Crippen LogP contribution in [0, 0.1) is 12.7 Å². The number of hydrogen-bond acceptors (Lipinski definition) is 4. The van der Waals surface area contributed by atoms with Gasteiger partial charge in [0.2, 0.25) is 0 Å². The van der Waals surface area contributed by atoms with E-state index < -0.39 is 11.7 Å². The molecule has 1 amide bonds. The first-order valence-corrected chi connectivity index (χ1v) is 5.53. The Hall–Kier alpha value is -1.76. The van der Waals surface area contributed by atoms with Gasteiger partial charge in [-0.1, -0.05) is 0 Å². The fourth-order valence-electron chi connectivity index (χ4n) is 1.64. The zero-order valence-electron chi connectivity index (χ0n) is 8.90. The molecule has 0 radical (unpaired) electrons. The Labute approximate surface area is 105 Å². The number of hydrogen-bond donors (Lipinski definition) is 4. The molecule has 1 aromatic carbocycles. The summed E-state index contributed by atoms with van der Waals surface area (Å²) in [4.78, 5) is 11.1. The smallest absolute Gasteiger partial charge is 0.268 e. The highest BCUT2D eigenvalue weighted by Gasteiger charge is 2.25. The summed E-state index contributed by atoms with van der Waals surface area (Å²) in [7, 11) is 0. The molecule has 6 N–H and O–H groups in total. The largest absolute Gasteiger partial charge is 0.396 e. The molecule has 0 fully saturated rings. The Morgan fingerprint density at radius 3 is 2.71 bits per heavy atom. The van der Waals surface area contributed by atoms with E-state index in [1.807, 2.05) is 0 Å². The van der Waals surface area contributed by atoms with Crippen LogP contribution in [-0.2, 0) is 4.79 Å². The number of aryl methyl sites for hydroxylation is 1. The second-order valence-corrected chi connectivity index (χ2v) is 4.44. The van der Waals surface area contributed by atoms with Gasteiger partial charge in [-0.15, -0.1) is 0 Å². The average Bonchev–Trinajstić information content (AvgIpc) is 2.25. The highest BCUT2D eigenvalue weighted by molar-refractivity contribution is 9.10. The molecule has 1 heterocycles. The minimum atomic E-state index is -0.753. The summed E-state index contributed by atoms with van der Waals surface area (Å²) in [6, 6.07) is 1.33. The summed E-state index contributed by atoms with van der Waals surface area (Å²) in [6.45, 7) is 1.75. The first-order valence-electron chi connectivity index (χ1n) is 4.74. The number of carbonyl (C=O) groups excluding carboxylic acids is 1. The highest BCUT2D eigenvalue weighted by atomic mass is 79.9. The van der Waals surface area contributed by atoms with Crippen LogP contribution in [0.2, 0.25) is 0 Å². The maximum Gasteiger partial charge on any atom is 0.268 e. The van der Waals surface area contributed by atoms with Crippen molar-refractivity contribution in [3.05, 3.63) is 33.2 Å². The number of primary amides is 1. The number of fused-ring (bicyclic) bond motifs is 1. The predicted octanol–water partition coefficient (Wildman–Crippen LogP) is 0.939. The first-order chi connectivity index (χ1) is 7.93. The molecule has 7 heteroatoms. The van der Waals surface area contributed by atoms with Gasteiger partial charge in [-0.25, -0.2) is 4.39 Å². The van der Waals surface area contributed by atoms with Crippen LogP contribution in [0.25, 0.3) is 5.70 Å². The average molecular weight is 301 g/mol. The predicted molar refractivity (Wildman–Crippen MR) is 65.9 cm³/mol. The summed E-state index contributed by atoms with van der Waals surface area (Å²) in [5.41, 5.74) is 17.3. The fourth-order valence-corrected chi connectivity index (χ4v) is 2.06. The number of hydrazine groups is 1. The Balaban J connectivity index is 2.74. The second-order valence-electron chi connectivity index (χ2n) is 3.64. The van der Waals surface area contributed by atoms with Gasteiger partial charge in [0.1, 0.15) is 11.5 Å². The second kappa shape index (κ2) is 3.92. The fraction of sp³-hybridized carbons (Fsp3) is 0.100. The quantitative estimate of drug-likeness (QED) is 0.621. The molecule has 0 aliphatic carbocycles. The molecule has 2 rings (SSSR count). The zero-order chi connectivity index (χ0) is 12.7. The molecule has 0 aromatic heterocycles. The van der Waals surface area contributed by atoms with Crippen molar-refractivity contribution in [1.82, 2.24) is 5.43 Å². The highest BCUT2D eigenvalue weighted by Crippen LogP contribution is 2.36. The number of rotatable bonds is 1. The van der Waals surface area contributed by atoms with Crippen LogP contribution in [0.15, 0.2) is 16.2 Å². The van der Waals surface area contributed by atoms with Crippen molar-refractivity contribution in [3.63, 3.8) is 0 Å². The number of amides is 1. The lowest BCUT2D eigenvalue weighted by atomic mass is 10.0. The van der Waals surface area contributed by atoms with Crippen LogP contribution < -0.4 is 22.3 Å². The molecule has 90 valence electrons. The third-order valence-electron chi connectivity index (χ3n) is 2.50. The lowest BCUT2D eigenvalue weighted by molar-refractivity contribution is -0.114. The SMILES string of the molecule is Cc1cc(F)c2c(c1Br)NNC(C(N)=O)=C2N. The van der Waals surface area contributed by atoms with E-state index in [0.717, 1.165) is 0 Å². The number of nitrogens with two attached hydrogens (primary N) is 2. The van der Waals surface area contributed by atoms with Crippen molar-refractivity contribution in [2.24, 2.45) is 11.5 Å². The van der Waals surface area contributed by atoms with E-state index in [2.05, 4.69) is 26.8 Å². The number of carbonyl (C=O) groups is 1. The lowest BCUT2D eigenvalue weighted by Gasteiger charge is -2.24. The van der Waals surface area contributed by atoms with Gasteiger partial charge >= 0.3 is 0 Å². The van der Waals surface area contributed by atoms with Crippen molar-refractivity contribution in [2.75, 3.05) is 5.43 Å². The van der Waals surface area contributed by atoms with Crippen molar-refractivity contribution in [3.8, 4) is 0 Å². The number of benzene rings is 1. The molecular weight excluding hydrogens is 291 g/mol. The third kappa shape index (κ3) is 1.72. The monoisotopic (exact) mass is 300 g/mol. The van der Waals surface area contributed by atoms with Crippen molar-refractivity contribution >= 4 is 33.2 Å². The van der Waals surface area contributed by atoms with Crippen molar-refractivity contribution in [1.29, 1.82) is 0 Å². The summed E-state index contributed by atoms with van der Waals surface area (Å²) >= 11 is 3.32. The molecule has 5 nitrogen and oxygen atoms in total. The summed E-state index contributed by atoms with van der Waals surface area (Å²) in [5, 5.41) is 0. The van der Waals surface area contributed by atoms with E-state index in [0.29, 0.717) is 15.7 Å². The van der Waals surface area contributed by atoms with E-state index in [9.17, 15) is 9.18 Å². The van der Waals surface area contributed by atoms with Gasteiger partial charge in [0.05, 0.1) is 16.9 Å². The van der Waals surface area contributed by atoms with Crippen molar-refractivity contribution < 1.29 is 9.18 Å². The van der Waals surface area contributed by atoms with Gasteiger partial charge in [0.15, 0.2) is 0 Å². The van der Waals surface area contributed by atoms with Gasteiger partial charge in [-0.3, -0.25) is 15.6 Å². The molecule has 1 aromatic rings. The molecule has 0 saturated heterocycles. The molecule has 0 atom stereocenters. The molecule has 0 unspecified atom stereocenters. The van der Waals surface area contributed by atoms with Gasteiger partial charge < -0.3 is 11.5 Å². The standard InChI is InChI=1S/C10H10BrFN4O/c1-3-2-4(12)5-7(13)9(10(14)17)16-15-8(5)6(3)11/h2,15-16H,13H2,1H3,(H2,14,17). The first kappa shape index (κ1) is 11.7. The van der Waals surface area contributed by atoms with Crippen LogP contribution in [0.1, 0.15) is 11.1 Å². The lowest BCUT2D eigenvalue weighted by Crippen LogP contribution is -2.37. The van der Waals surface area contributed by atoms with Crippen LogP contribution in [0.3, 0.4) is 0 Å². The molecule has 0 saturated carbocycles. The van der Waals surface area contributed by atoms with E-state index in [1.165, 1.54) is 6.07 Å². The molecule has 17 heavy (non-hydrogen) atoms. The normalized spacial score (nSPS) is 13.8. The van der Waals surface area contributed by atoms with E-state index in [-0.39, 0.29) is 17.0 Å². The minimum Gasteiger partial charge on any atom is -0.396 e. The third-order valence-corrected chi connectivity index (χ3v) is 3.52. The zero-order valence-corrected chi connectivity index (χ0v) is 10.5.